The highest BCUT2D eigenvalue weighted by Gasteiger charge is 2.21. The summed E-state index contributed by atoms with van der Waals surface area (Å²) in [7, 11) is 0. The molecule has 17 heavy (non-hydrogen) atoms. The minimum atomic E-state index is 0.199. The van der Waals surface area contributed by atoms with Gasteiger partial charge in [0.15, 0.2) is 0 Å². The van der Waals surface area contributed by atoms with Gasteiger partial charge in [0.1, 0.15) is 0 Å². The highest BCUT2D eigenvalue weighted by molar-refractivity contribution is 5.54. The van der Waals surface area contributed by atoms with E-state index in [0.717, 1.165) is 32.5 Å². The van der Waals surface area contributed by atoms with Gasteiger partial charge >= 0.3 is 0 Å². The lowest BCUT2D eigenvalue weighted by Gasteiger charge is -2.32. The van der Waals surface area contributed by atoms with Crippen LogP contribution in [0.3, 0.4) is 0 Å². The molecular formula is C14H22N2O. The Morgan fingerprint density at radius 1 is 1.41 bits per heavy atom. The summed E-state index contributed by atoms with van der Waals surface area (Å²) in [5.74, 6) is 0. The number of rotatable bonds is 3. The van der Waals surface area contributed by atoms with E-state index >= 15 is 0 Å². The van der Waals surface area contributed by atoms with Crippen LogP contribution < -0.4 is 10.2 Å². The summed E-state index contributed by atoms with van der Waals surface area (Å²) in [6.07, 6.45) is 2.17. The van der Waals surface area contributed by atoms with Gasteiger partial charge in [0, 0.05) is 18.8 Å². The minimum absolute atomic E-state index is 0.199. The van der Waals surface area contributed by atoms with Crippen molar-refractivity contribution in [3.8, 4) is 0 Å². The van der Waals surface area contributed by atoms with Crippen molar-refractivity contribution in [2.45, 2.75) is 25.8 Å². The number of para-hydroxylation sites is 1. The molecule has 2 N–H and O–H groups in total. The van der Waals surface area contributed by atoms with Crippen LogP contribution in [0.5, 0.6) is 0 Å². The fourth-order valence-electron chi connectivity index (χ4n) is 2.51. The molecule has 0 spiro atoms. The molecule has 1 saturated heterocycles. The minimum Gasteiger partial charge on any atom is -0.394 e. The van der Waals surface area contributed by atoms with Crippen molar-refractivity contribution < 1.29 is 5.11 Å². The summed E-state index contributed by atoms with van der Waals surface area (Å²) in [6, 6.07) is 8.73. The zero-order valence-corrected chi connectivity index (χ0v) is 10.5. The molecule has 0 radical (unpaired) electrons. The molecule has 1 aromatic carbocycles. The van der Waals surface area contributed by atoms with Gasteiger partial charge in [-0.2, -0.15) is 0 Å². The maximum atomic E-state index is 9.53. The normalized spacial score (nSPS) is 21.3. The average molecular weight is 234 g/mol. The summed E-state index contributed by atoms with van der Waals surface area (Å²) in [4.78, 5) is 2.36. The first-order valence-corrected chi connectivity index (χ1v) is 6.53. The fraction of sp³-hybridized carbons (Fsp3) is 0.571. The first-order chi connectivity index (χ1) is 8.36. The molecule has 2 rings (SSSR count). The van der Waals surface area contributed by atoms with Gasteiger partial charge in [0.25, 0.3) is 0 Å². The van der Waals surface area contributed by atoms with Crippen molar-refractivity contribution in [2.24, 2.45) is 0 Å². The molecule has 0 aromatic heterocycles. The van der Waals surface area contributed by atoms with Gasteiger partial charge in [-0.05, 0) is 31.0 Å². The van der Waals surface area contributed by atoms with Gasteiger partial charge in [-0.25, -0.2) is 0 Å². The molecule has 0 aliphatic carbocycles. The summed E-state index contributed by atoms with van der Waals surface area (Å²) >= 11 is 0. The Kier molecular flexibility index (Phi) is 4.40. The molecule has 1 fully saturated rings. The van der Waals surface area contributed by atoms with E-state index in [1.165, 1.54) is 11.3 Å². The van der Waals surface area contributed by atoms with Crippen LogP contribution >= 0.6 is 0 Å². The lowest BCUT2D eigenvalue weighted by atomic mass is 10.1. The first kappa shape index (κ1) is 12.4. The van der Waals surface area contributed by atoms with E-state index in [1.807, 2.05) is 0 Å². The molecule has 0 bridgehead atoms. The Bertz CT molecular complexity index is 354. The van der Waals surface area contributed by atoms with Crippen molar-refractivity contribution in [1.29, 1.82) is 0 Å². The Labute approximate surface area is 103 Å². The summed E-state index contributed by atoms with van der Waals surface area (Å²) in [6.45, 7) is 5.33. The van der Waals surface area contributed by atoms with Crippen LogP contribution in [-0.2, 0) is 6.42 Å². The predicted octanol–water partition coefficient (Wildman–Crippen LogP) is 1.41. The summed E-state index contributed by atoms with van der Waals surface area (Å²) in [5, 5.41) is 12.9. The third-order valence-electron chi connectivity index (χ3n) is 3.47. The fourth-order valence-corrected chi connectivity index (χ4v) is 2.51. The van der Waals surface area contributed by atoms with Crippen molar-refractivity contribution in [3.63, 3.8) is 0 Å². The average Bonchev–Trinajstić information content (AvgIpc) is 2.63. The molecule has 1 unspecified atom stereocenters. The zero-order valence-electron chi connectivity index (χ0n) is 10.5. The number of nitrogens with zero attached hydrogens (tertiary/aromatic N) is 1. The van der Waals surface area contributed by atoms with E-state index in [9.17, 15) is 5.11 Å². The van der Waals surface area contributed by atoms with Crippen molar-refractivity contribution >= 4 is 5.69 Å². The first-order valence-electron chi connectivity index (χ1n) is 6.53. The largest absolute Gasteiger partial charge is 0.394 e. The Hall–Kier alpha value is -1.06. The quantitative estimate of drug-likeness (QED) is 0.830. The Balaban J connectivity index is 2.28. The Morgan fingerprint density at radius 3 is 3.00 bits per heavy atom. The molecule has 3 nitrogen and oxygen atoms in total. The second-order valence-electron chi connectivity index (χ2n) is 4.57. The molecular weight excluding hydrogens is 212 g/mol. The number of anilines is 1. The predicted molar refractivity (Wildman–Crippen MR) is 71.5 cm³/mol. The van der Waals surface area contributed by atoms with Crippen molar-refractivity contribution in [1.82, 2.24) is 5.32 Å². The second-order valence-corrected chi connectivity index (χ2v) is 4.57. The summed E-state index contributed by atoms with van der Waals surface area (Å²) in [5.41, 5.74) is 2.66. The molecule has 1 atom stereocenters. The van der Waals surface area contributed by atoms with Crippen LogP contribution in [0, 0.1) is 0 Å². The molecule has 1 aliphatic heterocycles. The highest BCUT2D eigenvalue weighted by Crippen LogP contribution is 2.23. The molecule has 3 heteroatoms. The molecule has 0 amide bonds. The van der Waals surface area contributed by atoms with Gasteiger partial charge in [-0.15, -0.1) is 0 Å². The third kappa shape index (κ3) is 2.79. The van der Waals surface area contributed by atoms with Crippen LogP contribution in [0.4, 0.5) is 5.69 Å². The van der Waals surface area contributed by atoms with E-state index in [4.69, 9.17) is 0 Å². The second kappa shape index (κ2) is 6.03. The lowest BCUT2D eigenvalue weighted by molar-refractivity contribution is 0.260. The summed E-state index contributed by atoms with van der Waals surface area (Å²) < 4.78 is 0. The van der Waals surface area contributed by atoms with Gasteiger partial charge in [-0.1, -0.05) is 25.1 Å². The van der Waals surface area contributed by atoms with E-state index in [0.29, 0.717) is 0 Å². The standard InChI is InChI=1S/C14H22N2O/c1-2-12-6-3-4-7-14(12)16-9-5-8-15-10-13(16)11-17/h3-4,6-7,13,15,17H,2,5,8-11H2,1H3. The van der Waals surface area contributed by atoms with Crippen LogP contribution in [0.15, 0.2) is 24.3 Å². The van der Waals surface area contributed by atoms with E-state index in [1.54, 1.807) is 0 Å². The van der Waals surface area contributed by atoms with Gasteiger partial charge in [-0.3, -0.25) is 0 Å². The number of nitrogens with one attached hydrogen (secondary N) is 1. The third-order valence-corrected chi connectivity index (χ3v) is 3.47. The molecule has 1 heterocycles. The molecule has 0 saturated carbocycles. The van der Waals surface area contributed by atoms with E-state index in [-0.39, 0.29) is 12.6 Å². The van der Waals surface area contributed by atoms with E-state index < -0.39 is 0 Å². The van der Waals surface area contributed by atoms with Crippen molar-refractivity contribution in [2.75, 3.05) is 31.1 Å². The van der Waals surface area contributed by atoms with Crippen molar-refractivity contribution in [3.05, 3.63) is 29.8 Å². The highest BCUT2D eigenvalue weighted by atomic mass is 16.3. The number of aryl methyl sites for hydroxylation is 1. The Morgan fingerprint density at radius 2 is 2.24 bits per heavy atom. The van der Waals surface area contributed by atoms with Gasteiger partial charge in [0.2, 0.25) is 0 Å². The number of aliphatic hydroxyl groups is 1. The lowest BCUT2D eigenvalue weighted by Crippen LogP contribution is -2.42. The number of hydrogen-bond donors (Lipinski definition) is 2. The topological polar surface area (TPSA) is 35.5 Å². The van der Waals surface area contributed by atoms with Gasteiger partial charge in [0.05, 0.1) is 12.6 Å². The number of aliphatic hydroxyl groups excluding tert-OH is 1. The maximum absolute atomic E-state index is 9.53. The zero-order chi connectivity index (χ0) is 12.1. The van der Waals surface area contributed by atoms with Crippen LogP contribution in [0.1, 0.15) is 18.9 Å². The van der Waals surface area contributed by atoms with Crippen LogP contribution in [0.25, 0.3) is 0 Å². The van der Waals surface area contributed by atoms with E-state index in [2.05, 4.69) is 41.4 Å². The maximum Gasteiger partial charge on any atom is 0.0647 e. The van der Waals surface area contributed by atoms with Gasteiger partial charge < -0.3 is 15.3 Å². The molecule has 94 valence electrons. The smallest absolute Gasteiger partial charge is 0.0647 e. The molecule has 1 aliphatic rings. The molecule has 1 aromatic rings. The monoisotopic (exact) mass is 234 g/mol. The van der Waals surface area contributed by atoms with Crippen LogP contribution in [-0.4, -0.2) is 37.4 Å². The number of benzene rings is 1. The SMILES string of the molecule is CCc1ccccc1N1CCCNCC1CO. The van der Waals surface area contributed by atoms with Crippen LogP contribution in [0.2, 0.25) is 0 Å². The number of hydrogen-bond acceptors (Lipinski definition) is 3.